The Balaban J connectivity index is 1.96. The van der Waals surface area contributed by atoms with Gasteiger partial charge in [0, 0.05) is 11.6 Å². The van der Waals surface area contributed by atoms with Crippen molar-refractivity contribution in [1.29, 1.82) is 0 Å². The van der Waals surface area contributed by atoms with Crippen LogP contribution in [0.1, 0.15) is 25.7 Å². The average Bonchev–Trinajstić information content (AvgIpc) is 2.71. The highest BCUT2D eigenvalue weighted by molar-refractivity contribution is 9.10. The molecular weight excluding hydrogens is 358 g/mol. The molecule has 1 aromatic carbocycles. The number of amides is 1. The molecule has 0 bridgehead atoms. The van der Waals surface area contributed by atoms with Crippen LogP contribution in [0.15, 0.2) is 22.7 Å². The lowest BCUT2D eigenvalue weighted by Gasteiger charge is -2.28. The van der Waals surface area contributed by atoms with E-state index >= 15 is 0 Å². The molecule has 2 rings (SSSR count). The Morgan fingerprint density at radius 1 is 1.43 bits per heavy atom. The quantitative estimate of drug-likeness (QED) is 0.877. The number of aliphatic hydroxyl groups is 1. The van der Waals surface area contributed by atoms with Crippen molar-refractivity contribution in [3.63, 3.8) is 0 Å². The van der Waals surface area contributed by atoms with Gasteiger partial charge in [0.15, 0.2) is 6.61 Å². The predicted octanol–water partition coefficient (Wildman–Crippen LogP) is 3.24. The van der Waals surface area contributed by atoms with Gasteiger partial charge in [-0.15, -0.1) is 0 Å². The number of carbonyl (C=O) groups excluding carboxylic acids is 1. The number of ether oxygens (including phenoxy) is 1. The van der Waals surface area contributed by atoms with Gasteiger partial charge in [0.25, 0.3) is 5.91 Å². The van der Waals surface area contributed by atoms with E-state index in [0.29, 0.717) is 17.3 Å². The molecule has 116 valence electrons. The van der Waals surface area contributed by atoms with E-state index in [1.54, 1.807) is 23.1 Å². The summed E-state index contributed by atoms with van der Waals surface area (Å²) in [5.74, 6) is 0.501. The molecule has 1 aliphatic heterocycles. The first-order valence-corrected chi connectivity index (χ1v) is 8.27. The van der Waals surface area contributed by atoms with E-state index in [1.807, 2.05) is 0 Å². The number of halogens is 2. The first kappa shape index (κ1) is 16.6. The molecule has 1 N–H and O–H groups in total. The predicted molar refractivity (Wildman–Crippen MR) is 85.7 cm³/mol. The summed E-state index contributed by atoms with van der Waals surface area (Å²) >= 11 is 9.23. The van der Waals surface area contributed by atoms with Crippen LogP contribution >= 0.6 is 27.5 Å². The molecule has 1 amide bonds. The molecule has 1 atom stereocenters. The van der Waals surface area contributed by atoms with Gasteiger partial charge in [-0.05, 0) is 47.0 Å². The molecule has 0 radical (unpaired) electrons. The molecule has 1 heterocycles. The molecule has 1 saturated heterocycles. The van der Waals surface area contributed by atoms with Gasteiger partial charge in [-0.1, -0.05) is 24.4 Å². The van der Waals surface area contributed by atoms with Gasteiger partial charge >= 0.3 is 0 Å². The van der Waals surface area contributed by atoms with Crippen LogP contribution in [0.4, 0.5) is 0 Å². The number of benzene rings is 1. The van der Waals surface area contributed by atoms with Gasteiger partial charge in [-0.2, -0.15) is 0 Å². The molecule has 21 heavy (non-hydrogen) atoms. The summed E-state index contributed by atoms with van der Waals surface area (Å²) < 4.78 is 6.28. The zero-order chi connectivity index (χ0) is 15.2. The SMILES string of the molecule is O=C(COc1ccc(Cl)cc1Br)N1CCCCCC1CO. The third-order valence-electron chi connectivity index (χ3n) is 3.65. The van der Waals surface area contributed by atoms with Crippen molar-refractivity contribution in [2.24, 2.45) is 0 Å². The van der Waals surface area contributed by atoms with Crippen molar-refractivity contribution in [3.8, 4) is 5.75 Å². The standard InChI is InChI=1S/C15H19BrClNO3/c16-13-8-11(17)5-6-14(13)21-10-15(20)18-7-3-1-2-4-12(18)9-19/h5-6,8,12,19H,1-4,7,9-10H2. The monoisotopic (exact) mass is 375 g/mol. The van der Waals surface area contributed by atoms with E-state index in [4.69, 9.17) is 16.3 Å². The van der Waals surface area contributed by atoms with Gasteiger partial charge in [0.1, 0.15) is 5.75 Å². The third-order valence-corrected chi connectivity index (χ3v) is 4.51. The molecule has 0 saturated carbocycles. The highest BCUT2D eigenvalue weighted by Gasteiger charge is 2.25. The number of hydrogen-bond acceptors (Lipinski definition) is 3. The Hall–Kier alpha value is -0.780. The minimum absolute atomic E-state index is 0.0103. The summed E-state index contributed by atoms with van der Waals surface area (Å²) in [5.41, 5.74) is 0. The van der Waals surface area contributed by atoms with Crippen molar-refractivity contribution in [2.75, 3.05) is 19.8 Å². The maximum atomic E-state index is 12.3. The van der Waals surface area contributed by atoms with Gasteiger partial charge in [-0.3, -0.25) is 4.79 Å². The maximum absolute atomic E-state index is 12.3. The van der Waals surface area contributed by atoms with E-state index in [9.17, 15) is 9.90 Å². The number of likely N-dealkylation sites (tertiary alicyclic amines) is 1. The van der Waals surface area contributed by atoms with E-state index in [-0.39, 0.29) is 25.2 Å². The van der Waals surface area contributed by atoms with Gasteiger partial charge < -0.3 is 14.7 Å². The Morgan fingerprint density at radius 3 is 2.95 bits per heavy atom. The molecule has 1 aromatic rings. The largest absolute Gasteiger partial charge is 0.483 e. The Kier molecular flexibility index (Phi) is 6.33. The summed E-state index contributed by atoms with van der Waals surface area (Å²) in [6.45, 7) is 0.669. The topological polar surface area (TPSA) is 49.8 Å². The van der Waals surface area contributed by atoms with E-state index < -0.39 is 0 Å². The molecule has 6 heteroatoms. The lowest BCUT2D eigenvalue weighted by atomic mass is 10.1. The number of nitrogens with zero attached hydrogens (tertiary/aromatic N) is 1. The fraction of sp³-hybridized carbons (Fsp3) is 0.533. The van der Waals surface area contributed by atoms with Gasteiger partial charge in [0.05, 0.1) is 17.1 Å². The smallest absolute Gasteiger partial charge is 0.260 e. The van der Waals surface area contributed by atoms with Crippen LogP contribution < -0.4 is 4.74 Å². The van der Waals surface area contributed by atoms with Crippen LogP contribution in [-0.4, -0.2) is 41.7 Å². The minimum Gasteiger partial charge on any atom is -0.483 e. The highest BCUT2D eigenvalue weighted by atomic mass is 79.9. The average molecular weight is 377 g/mol. The molecule has 4 nitrogen and oxygen atoms in total. The zero-order valence-corrected chi connectivity index (χ0v) is 14.1. The Labute approximate surface area is 138 Å². The highest BCUT2D eigenvalue weighted by Crippen LogP contribution is 2.28. The molecular formula is C15H19BrClNO3. The Bertz CT molecular complexity index is 498. The van der Waals surface area contributed by atoms with Crippen molar-refractivity contribution < 1.29 is 14.6 Å². The molecule has 1 unspecified atom stereocenters. The van der Waals surface area contributed by atoms with Crippen LogP contribution in [0, 0.1) is 0 Å². The summed E-state index contributed by atoms with van der Waals surface area (Å²) in [4.78, 5) is 14.1. The lowest BCUT2D eigenvalue weighted by molar-refractivity contribution is -0.136. The van der Waals surface area contributed by atoms with Gasteiger partial charge in [0.2, 0.25) is 0 Å². The van der Waals surface area contributed by atoms with Crippen molar-refractivity contribution in [2.45, 2.75) is 31.7 Å². The van der Waals surface area contributed by atoms with Gasteiger partial charge in [-0.25, -0.2) is 0 Å². The Morgan fingerprint density at radius 2 is 2.24 bits per heavy atom. The molecule has 0 aliphatic carbocycles. The number of rotatable bonds is 4. The second-order valence-corrected chi connectivity index (χ2v) is 6.43. The third kappa shape index (κ3) is 4.59. The van der Waals surface area contributed by atoms with Crippen molar-refractivity contribution >= 4 is 33.4 Å². The minimum atomic E-state index is -0.0859. The number of hydrogen-bond donors (Lipinski definition) is 1. The summed E-state index contributed by atoms with van der Waals surface area (Å²) in [6.07, 6.45) is 3.99. The lowest BCUT2D eigenvalue weighted by Crippen LogP contribution is -2.44. The molecule has 0 spiro atoms. The summed E-state index contributed by atoms with van der Waals surface area (Å²) in [7, 11) is 0. The van der Waals surface area contributed by atoms with Crippen LogP contribution in [0.2, 0.25) is 5.02 Å². The van der Waals surface area contributed by atoms with E-state index in [1.165, 1.54) is 0 Å². The maximum Gasteiger partial charge on any atom is 0.260 e. The normalized spacial score (nSPS) is 19.2. The molecule has 1 fully saturated rings. The van der Waals surface area contributed by atoms with Crippen LogP contribution in [0.5, 0.6) is 5.75 Å². The van der Waals surface area contributed by atoms with E-state index in [0.717, 1.165) is 30.2 Å². The van der Waals surface area contributed by atoms with Crippen LogP contribution in [0.25, 0.3) is 0 Å². The summed E-state index contributed by atoms with van der Waals surface area (Å²) in [5, 5.41) is 10.0. The molecule has 1 aliphatic rings. The number of carbonyl (C=O) groups is 1. The van der Waals surface area contributed by atoms with Crippen LogP contribution in [0.3, 0.4) is 0 Å². The fourth-order valence-corrected chi connectivity index (χ4v) is 3.31. The second kappa shape index (κ2) is 8.01. The van der Waals surface area contributed by atoms with Crippen LogP contribution in [-0.2, 0) is 4.79 Å². The summed E-state index contributed by atoms with van der Waals surface area (Å²) in [6, 6.07) is 5.08. The fourth-order valence-electron chi connectivity index (χ4n) is 2.51. The van der Waals surface area contributed by atoms with Crippen molar-refractivity contribution in [3.05, 3.63) is 27.7 Å². The first-order chi connectivity index (χ1) is 10.1. The van der Waals surface area contributed by atoms with E-state index in [2.05, 4.69) is 15.9 Å². The number of aliphatic hydroxyl groups excluding tert-OH is 1. The zero-order valence-electron chi connectivity index (χ0n) is 11.7. The second-order valence-electron chi connectivity index (χ2n) is 5.14. The molecule has 0 aromatic heterocycles. The first-order valence-electron chi connectivity index (χ1n) is 7.10. The van der Waals surface area contributed by atoms with Crippen molar-refractivity contribution in [1.82, 2.24) is 4.90 Å².